The third-order valence-electron chi connectivity index (χ3n) is 1.87. The van der Waals surface area contributed by atoms with Gasteiger partial charge in [0.25, 0.3) is 0 Å². The molecule has 1 aromatic heterocycles. The summed E-state index contributed by atoms with van der Waals surface area (Å²) in [6.07, 6.45) is 0. The zero-order chi connectivity index (χ0) is 10.3. The second-order valence-electron chi connectivity index (χ2n) is 2.68. The van der Waals surface area contributed by atoms with Gasteiger partial charge in [0.1, 0.15) is 0 Å². The van der Waals surface area contributed by atoms with E-state index in [1.165, 1.54) is 17.4 Å². The molecule has 2 aromatic rings. The average molecular weight is 227 g/mol. The SMILES string of the molecule is O=[N+]([O-])c1cc(S)c2ccsc2c1O. The van der Waals surface area contributed by atoms with Gasteiger partial charge in [-0.05, 0) is 11.4 Å². The van der Waals surface area contributed by atoms with Gasteiger partial charge in [0.15, 0.2) is 0 Å². The molecule has 0 amide bonds. The third kappa shape index (κ3) is 1.23. The standard InChI is InChI=1S/C8H5NO3S2/c10-7-5(9(11)12)3-6(13)4-1-2-14-8(4)7/h1-3,10,13H. The lowest BCUT2D eigenvalue weighted by molar-refractivity contribution is -0.385. The van der Waals surface area contributed by atoms with E-state index >= 15 is 0 Å². The van der Waals surface area contributed by atoms with Gasteiger partial charge in [-0.2, -0.15) is 0 Å². The Kier molecular flexibility index (Phi) is 2.09. The molecule has 1 aromatic carbocycles. The van der Waals surface area contributed by atoms with Crippen LogP contribution in [0.4, 0.5) is 5.69 Å². The number of thiol groups is 1. The zero-order valence-corrected chi connectivity index (χ0v) is 8.51. The van der Waals surface area contributed by atoms with Crippen LogP contribution in [0, 0.1) is 10.1 Å². The molecule has 0 spiro atoms. The zero-order valence-electron chi connectivity index (χ0n) is 6.80. The van der Waals surface area contributed by atoms with Gasteiger partial charge in [-0.25, -0.2) is 0 Å². The highest BCUT2D eigenvalue weighted by Gasteiger charge is 2.19. The number of thiophene rings is 1. The maximum Gasteiger partial charge on any atom is 0.313 e. The van der Waals surface area contributed by atoms with E-state index in [4.69, 9.17) is 0 Å². The van der Waals surface area contributed by atoms with Crippen molar-refractivity contribution < 1.29 is 10.0 Å². The minimum atomic E-state index is -0.617. The molecule has 1 N–H and O–H groups in total. The predicted molar refractivity (Wildman–Crippen MR) is 57.4 cm³/mol. The number of phenols is 1. The van der Waals surface area contributed by atoms with Crippen LogP contribution in [0.5, 0.6) is 5.75 Å². The Labute approximate surface area is 88.4 Å². The number of aromatic hydroxyl groups is 1. The van der Waals surface area contributed by atoms with E-state index in [1.54, 1.807) is 11.4 Å². The molecule has 0 atom stereocenters. The number of rotatable bonds is 1. The molecule has 6 heteroatoms. The van der Waals surface area contributed by atoms with Crippen molar-refractivity contribution in [3.63, 3.8) is 0 Å². The molecular weight excluding hydrogens is 222 g/mol. The number of hydrogen-bond acceptors (Lipinski definition) is 5. The van der Waals surface area contributed by atoms with Gasteiger partial charge in [-0.15, -0.1) is 24.0 Å². The van der Waals surface area contributed by atoms with Crippen LogP contribution in [0.3, 0.4) is 0 Å². The molecule has 0 bridgehead atoms. The van der Waals surface area contributed by atoms with Crippen LogP contribution in [0.25, 0.3) is 10.1 Å². The van der Waals surface area contributed by atoms with Gasteiger partial charge in [0, 0.05) is 16.3 Å². The van der Waals surface area contributed by atoms with Crippen LogP contribution >= 0.6 is 24.0 Å². The Morgan fingerprint density at radius 3 is 2.93 bits per heavy atom. The van der Waals surface area contributed by atoms with Gasteiger partial charge in [0.2, 0.25) is 5.75 Å². The molecule has 0 saturated heterocycles. The molecule has 0 fully saturated rings. The molecule has 0 aliphatic rings. The lowest BCUT2D eigenvalue weighted by Gasteiger charge is -1.99. The van der Waals surface area contributed by atoms with Crippen LogP contribution < -0.4 is 0 Å². The summed E-state index contributed by atoms with van der Waals surface area (Å²) < 4.78 is 0.504. The fourth-order valence-electron chi connectivity index (χ4n) is 1.23. The highest BCUT2D eigenvalue weighted by Crippen LogP contribution is 2.40. The number of fused-ring (bicyclic) bond motifs is 1. The number of phenolic OH excluding ortho intramolecular Hbond substituents is 1. The van der Waals surface area contributed by atoms with Crippen molar-refractivity contribution in [1.82, 2.24) is 0 Å². The van der Waals surface area contributed by atoms with E-state index < -0.39 is 4.92 Å². The summed E-state index contributed by atoms with van der Waals surface area (Å²) in [6, 6.07) is 3.03. The summed E-state index contributed by atoms with van der Waals surface area (Å²) in [5.74, 6) is -0.280. The van der Waals surface area contributed by atoms with Crippen molar-refractivity contribution in [2.24, 2.45) is 0 Å². The van der Waals surface area contributed by atoms with Gasteiger partial charge in [-0.1, -0.05) is 0 Å². The van der Waals surface area contributed by atoms with Crippen molar-refractivity contribution in [2.45, 2.75) is 4.90 Å². The van der Waals surface area contributed by atoms with E-state index in [0.717, 1.165) is 5.39 Å². The second kappa shape index (κ2) is 3.14. The Morgan fingerprint density at radius 1 is 1.57 bits per heavy atom. The Balaban J connectivity index is 2.88. The molecule has 0 radical (unpaired) electrons. The summed E-state index contributed by atoms with van der Waals surface area (Å²) in [5, 5.41) is 22.6. The Hall–Kier alpha value is -1.27. The quantitative estimate of drug-likeness (QED) is 0.447. The van der Waals surface area contributed by atoms with Crippen LogP contribution in [0.1, 0.15) is 0 Å². The van der Waals surface area contributed by atoms with E-state index in [2.05, 4.69) is 12.6 Å². The maximum absolute atomic E-state index is 10.6. The van der Waals surface area contributed by atoms with Crippen LogP contribution in [-0.2, 0) is 0 Å². The van der Waals surface area contributed by atoms with Crippen molar-refractivity contribution >= 4 is 39.7 Å². The molecule has 0 aliphatic carbocycles. The number of hydrogen-bond donors (Lipinski definition) is 2. The van der Waals surface area contributed by atoms with Crippen molar-refractivity contribution in [1.29, 1.82) is 0 Å². The normalized spacial score (nSPS) is 10.6. The molecule has 14 heavy (non-hydrogen) atoms. The summed E-state index contributed by atoms with van der Waals surface area (Å²) >= 11 is 5.38. The first kappa shape index (κ1) is 9.29. The summed E-state index contributed by atoms with van der Waals surface area (Å²) in [5.41, 5.74) is -0.301. The number of benzene rings is 1. The first-order valence-corrected chi connectivity index (χ1v) is 5.00. The van der Waals surface area contributed by atoms with Gasteiger partial charge >= 0.3 is 5.69 Å². The lowest BCUT2D eigenvalue weighted by Crippen LogP contribution is -1.88. The molecule has 4 nitrogen and oxygen atoms in total. The van der Waals surface area contributed by atoms with E-state index in [1.807, 2.05) is 0 Å². The van der Waals surface area contributed by atoms with E-state index in [0.29, 0.717) is 9.60 Å². The molecule has 2 rings (SSSR count). The number of nitro benzene ring substituents is 1. The topological polar surface area (TPSA) is 63.4 Å². The minimum absolute atomic E-state index is 0.280. The summed E-state index contributed by atoms with van der Waals surface area (Å²) in [7, 11) is 0. The average Bonchev–Trinajstić information content (AvgIpc) is 2.59. The predicted octanol–water partition coefficient (Wildman–Crippen LogP) is 2.80. The summed E-state index contributed by atoms with van der Waals surface area (Å²) in [6.45, 7) is 0. The first-order valence-electron chi connectivity index (χ1n) is 3.68. The fraction of sp³-hybridized carbons (Fsp3) is 0. The first-order chi connectivity index (χ1) is 6.61. The smallest absolute Gasteiger partial charge is 0.313 e. The Bertz CT molecular complexity index is 521. The van der Waals surface area contributed by atoms with Crippen LogP contribution in [0.15, 0.2) is 22.4 Å². The third-order valence-corrected chi connectivity index (χ3v) is 3.16. The van der Waals surface area contributed by atoms with E-state index in [9.17, 15) is 15.2 Å². The van der Waals surface area contributed by atoms with Crippen molar-refractivity contribution in [3.8, 4) is 5.75 Å². The molecule has 0 saturated carbocycles. The van der Waals surface area contributed by atoms with Gasteiger partial charge in [-0.3, -0.25) is 10.1 Å². The molecule has 0 aliphatic heterocycles. The fourth-order valence-corrected chi connectivity index (χ4v) is 2.47. The molecule has 72 valence electrons. The maximum atomic E-state index is 10.6. The van der Waals surface area contributed by atoms with Crippen LogP contribution in [-0.4, -0.2) is 10.0 Å². The van der Waals surface area contributed by atoms with Crippen molar-refractivity contribution in [3.05, 3.63) is 27.6 Å². The summed E-state index contributed by atoms with van der Waals surface area (Å²) in [4.78, 5) is 10.4. The Morgan fingerprint density at radius 2 is 2.29 bits per heavy atom. The minimum Gasteiger partial charge on any atom is -0.501 e. The molecular formula is C8H5NO3S2. The highest BCUT2D eigenvalue weighted by molar-refractivity contribution is 7.80. The number of nitrogens with zero attached hydrogens (tertiary/aromatic N) is 1. The largest absolute Gasteiger partial charge is 0.501 e. The highest BCUT2D eigenvalue weighted by atomic mass is 32.1. The second-order valence-corrected chi connectivity index (χ2v) is 4.08. The molecule has 0 unspecified atom stereocenters. The van der Waals surface area contributed by atoms with Crippen LogP contribution in [0.2, 0.25) is 0 Å². The molecule has 1 heterocycles. The van der Waals surface area contributed by atoms with E-state index in [-0.39, 0.29) is 11.4 Å². The lowest BCUT2D eigenvalue weighted by atomic mass is 10.2. The number of nitro groups is 1. The van der Waals surface area contributed by atoms with Gasteiger partial charge in [0.05, 0.1) is 9.62 Å². The van der Waals surface area contributed by atoms with Gasteiger partial charge < -0.3 is 5.11 Å². The van der Waals surface area contributed by atoms with Crippen molar-refractivity contribution in [2.75, 3.05) is 0 Å². The monoisotopic (exact) mass is 227 g/mol.